The van der Waals surface area contributed by atoms with Gasteiger partial charge < -0.3 is 10.1 Å². The number of hydrogen-bond acceptors (Lipinski definition) is 3. The zero-order valence-corrected chi connectivity index (χ0v) is 12.7. The van der Waals surface area contributed by atoms with E-state index in [1.807, 2.05) is 30.3 Å². The molecule has 4 nitrogen and oxygen atoms in total. The minimum absolute atomic E-state index is 0.0554. The summed E-state index contributed by atoms with van der Waals surface area (Å²) in [5.41, 5.74) is 1.10. The Morgan fingerprint density at radius 2 is 2.05 bits per heavy atom. The molecule has 1 amide bonds. The highest BCUT2D eigenvalue weighted by atomic mass is 79.9. The van der Waals surface area contributed by atoms with Crippen LogP contribution in [0.3, 0.4) is 0 Å². The lowest BCUT2D eigenvalue weighted by Gasteiger charge is -2.06. The second-order valence-electron chi connectivity index (χ2n) is 4.23. The molecule has 1 heterocycles. The van der Waals surface area contributed by atoms with Gasteiger partial charge in [-0.2, -0.15) is 0 Å². The summed E-state index contributed by atoms with van der Waals surface area (Å²) in [5.74, 6) is 1.31. The zero-order valence-electron chi connectivity index (χ0n) is 11.1. The van der Waals surface area contributed by atoms with Gasteiger partial charge in [-0.3, -0.25) is 4.79 Å². The Hall–Kier alpha value is -1.88. The van der Waals surface area contributed by atoms with Gasteiger partial charge in [0.05, 0.1) is 11.6 Å². The van der Waals surface area contributed by atoms with Gasteiger partial charge >= 0.3 is 0 Å². The maximum atomic E-state index is 11.9. The van der Waals surface area contributed by atoms with E-state index in [0.29, 0.717) is 18.7 Å². The standard InChI is InChI=1S/C15H15BrN2O2/c1-20-12-7-4-11(5-8-12)6-9-14(19)18-15-13(16)3-2-10-17-15/h2-5,7-8,10H,6,9H2,1H3,(H,17,18,19). The van der Waals surface area contributed by atoms with E-state index in [9.17, 15) is 4.79 Å². The van der Waals surface area contributed by atoms with E-state index in [0.717, 1.165) is 15.8 Å². The highest BCUT2D eigenvalue weighted by Gasteiger charge is 2.06. The molecule has 5 heteroatoms. The van der Waals surface area contributed by atoms with Crippen LogP contribution < -0.4 is 10.1 Å². The molecule has 1 N–H and O–H groups in total. The maximum Gasteiger partial charge on any atom is 0.225 e. The smallest absolute Gasteiger partial charge is 0.225 e. The van der Waals surface area contributed by atoms with Crippen LogP contribution in [0.15, 0.2) is 47.1 Å². The zero-order chi connectivity index (χ0) is 14.4. The summed E-state index contributed by atoms with van der Waals surface area (Å²) in [6.07, 6.45) is 2.74. The van der Waals surface area contributed by atoms with Crippen molar-refractivity contribution in [2.75, 3.05) is 12.4 Å². The molecular formula is C15H15BrN2O2. The number of halogens is 1. The molecule has 0 aliphatic carbocycles. The second-order valence-corrected chi connectivity index (χ2v) is 5.08. The molecule has 0 atom stereocenters. The number of methoxy groups -OCH3 is 1. The minimum atomic E-state index is -0.0554. The number of aromatic nitrogens is 1. The average Bonchev–Trinajstić information content (AvgIpc) is 2.48. The van der Waals surface area contributed by atoms with Crippen molar-refractivity contribution >= 4 is 27.7 Å². The molecule has 1 aromatic carbocycles. The molecule has 0 spiro atoms. The molecule has 0 bridgehead atoms. The monoisotopic (exact) mass is 334 g/mol. The van der Waals surface area contributed by atoms with Crippen LogP contribution in [-0.4, -0.2) is 18.0 Å². The summed E-state index contributed by atoms with van der Waals surface area (Å²) in [5, 5.41) is 2.78. The summed E-state index contributed by atoms with van der Waals surface area (Å²) >= 11 is 3.35. The lowest BCUT2D eigenvalue weighted by atomic mass is 10.1. The average molecular weight is 335 g/mol. The van der Waals surface area contributed by atoms with Crippen molar-refractivity contribution in [2.45, 2.75) is 12.8 Å². The normalized spacial score (nSPS) is 10.1. The van der Waals surface area contributed by atoms with Crippen LogP contribution in [0.5, 0.6) is 5.75 Å². The molecule has 1 aromatic heterocycles. The van der Waals surface area contributed by atoms with Crippen molar-refractivity contribution < 1.29 is 9.53 Å². The summed E-state index contributed by atoms with van der Waals surface area (Å²) in [7, 11) is 1.63. The number of anilines is 1. The largest absolute Gasteiger partial charge is 0.497 e. The van der Waals surface area contributed by atoms with Crippen LogP contribution in [0, 0.1) is 0 Å². The SMILES string of the molecule is COc1ccc(CCC(=O)Nc2ncccc2Br)cc1. The fourth-order valence-corrected chi connectivity index (χ4v) is 2.08. The fourth-order valence-electron chi connectivity index (χ4n) is 1.72. The first-order valence-electron chi connectivity index (χ1n) is 6.22. The first-order chi connectivity index (χ1) is 9.69. The predicted molar refractivity (Wildman–Crippen MR) is 81.9 cm³/mol. The van der Waals surface area contributed by atoms with Crippen LogP contribution in [0.2, 0.25) is 0 Å². The van der Waals surface area contributed by atoms with Gasteiger partial charge in [0.15, 0.2) is 0 Å². The molecule has 20 heavy (non-hydrogen) atoms. The van der Waals surface area contributed by atoms with Gasteiger partial charge in [0.25, 0.3) is 0 Å². The third-order valence-electron chi connectivity index (χ3n) is 2.82. The Kier molecular flexibility index (Phi) is 5.12. The van der Waals surface area contributed by atoms with Gasteiger partial charge in [0.1, 0.15) is 11.6 Å². The lowest BCUT2D eigenvalue weighted by molar-refractivity contribution is -0.116. The van der Waals surface area contributed by atoms with Gasteiger partial charge in [-0.15, -0.1) is 0 Å². The number of benzene rings is 1. The molecule has 0 unspecified atom stereocenters. The van der Waals surface area contributed by atoms with Gasteiger partial charge in [-0.25, -0.2) is 4.98 Å². The number of nitrogens with one attached hydrogen (secondary N) is 1. The van der Waals surface area contributed by atoms with Crippen LogP contribution in [0.1, 0.15) is 12.0 Å². The summed E-state index contributed by atoms with van der Waals surface area (Å²) in [6.45, 7) is 0. The Balaban J connectivity index is 1.87. The van der Waals surface area contributed by atoms with Gasteiger partial charge in [0, 0.05) is 12.6 Å². The summed E-state index contributed by atoms with van der Waals surface area (Å²) in [4.78, 5) is 16.0. The third kappa shape index (κ3) is 4.06. The molecule has 0 saturated heterocycles. The Labute approximate surface area is 126 Å². The Bertz CT molecular complexity index is 585. The van der Waals surface area contributed by atoms with E-state index in [2.05, 4.69) is 26.2 Å². The van der Waals surface area contributed by atoms with Gasteiger partial charge in [-0.1, -0.05) is 12.1 Å². The topological polar surface area (TPSA) is 51.2 Å². The molecular weight excluding hydrogens is 320 g/mol. The number of carbonyl (C=O) groups is 1. The van der Waals surface area contributed by atoms with E-state index in [4.69, 9.17) is 4.74 Å². The number of rotatable bonds is 5. The van der Waals surface area contributed by atoms with Gasteiger partial charge in [-0.05, 0) is 52.2 Å². The van der Waals surface area contributed by atoms with Crippen LogP contribution in [0.4, 0.5) is 5.82 Å². The van der Waals surface area contributed by atoms with E-state index < -0.39 is 0 Å². The number of nitrogens with zero attached hydrogens (tertiary/aromatic N) is 1. The third-order valence-corrected chi connectivity index (χ3v) is 3.46. The maximum absolute atomic E-state index is 11.9. The van der Waals surface area contributed by atoms with Gasteiger partial charge in [0.2, 0.25) is 5.91 Å². The number of hydrogen-bond donors (Lipinski definition) is 1. The number of aryl methyl sites for hydroxylation is 1. The first kappa shape index (κ1) is 14.5. The molecule has 2 aromatic rings. The molecule has 0 saturated carbocycles. The minimum Gasteiger partial charge on any atom is -0.497 e. The highest BCUT2D eigenvalue weighted by molar-refractivity contribution is 9.10. The molecule has 0 aliphatic heterocycles. The van der Waals surface area contributed by atoms with Crippen LogP contribution in [-0.2, 0) is 11.2 Å². The Morgan fingerprint density at radius 3 is 2.70 bits per heavy atom. The van der Waals surface area contributed by atoms with Crippen molar-refractivity contribution in [3.63, 3.8) is 0 Å². The predicted octanol–water partition coefficient (Wildman–Crippen LogP) is 3.42. The quantitative estimate of drug-likeness (QED) is 0.911. The first-order valence-corrected chi connectivity index (χ1v) is 7.01. The highest BCUT2D eigenvalue weighted by Crippen LogP contribution is 2.18. The molecule has 0 fully saturated rings. The van der Waals surface area contributed by atoms with E-state index in [1.54, 1.807) is 19.4 Å². The lowest BCUT2D eigenvalue weighted by Crippen LogP contribution is -2.13. The molecule has 2 rings (SSSR count). The number of carbonyl (C=O) groups excluding carboxylic acids is 1. The van der Waals surface area contributed by atoms with Crippen molar-refractivity contribution in [3.05, 3.63) is 52.6 Å². The molecule has 0 aliphatic rings. The van der Waals surface area contributed by atoms with Crippen molar-refractivity contribution in [1.29, 1.82) is 0 Å². The van der Waals surface area contributed by atoms with E-state index in [-0.39, 0.29) is 5.91 Å². The number of pyridine rings is 1. The van der Waals surface area contributed by atoms with Crippen molar-refractivity contribution in [3.8, 4) is 5.75 Å². The van der Waals surface area contributed by atoms with E-state index >= 15 is 0 Å². The van der Waals surface area contributed by atoms with E-state index in [1.165, 1.54) is 0 Å². The molecule has 104 valence electrons. The molecule has 0 radical (unpaired) electrons. The number of ether oxygens (including phenoxy) is 1. The Morgan fingerprint density at radius 1 is 1.30 bits per heavy atom. The second kappa shape index (κ2) is 7.05. The van der Waals surface area contributed by atoms with Crippen molar-refractivity contribution in [1.82, 2.24) is 4.98 Å². The fraction of sp³-hybridized carbons (Fsp3) is 0.200. The van der Waals surface area contributed by atoms with Crippen molar-refractivity contribution in [2.24, 2.45) is 0 Å². The summed E-state index contributed by atoms with van der Waals surface area (Å²) < 4.78 is 5.87. The number of amides is 1. The van der Waals surface area contributed by atoms with Crippen LogP contribution >= 0.6 is 15.9 Å². The summed E-state index contributed by atoms with van der Waals surface area (Å²) in [6, 6.07) is 11.3. The van der Waals surface area contributed by atoms with Crippen LogP contribution in [0.25, 0.3) is 0 Å².